The number of benzene rings is 2. The summed E-state index contributed by atoms with van der Waals surface area (Å²) in [6.07, 6.45) is 4.04. The number of carbonyl (C=O) groups is 1. The average molecular weight is 442 g/mol. The number of amides is 2. The maximum absolute atomic E-state index is 13.9. The lowest BCUT2D eigenvalue weighted by Gasteiger charge is -2.33. The van der Waals surface area contributed by atoms with Crippen molar-refractivity contribution < 1.29 is 18.7 Å². The molecule has 1 unspecified atom stereocenters. The lowest BCUT2D eigenvalue weighted by Crippen LogP contribution is -2.48. The molecule has 1 atom stereocenters. The van der Waals surface area contributed by atoms with Crippen LogP contribution in [0.2, 0.25) is 0 Å². The molecule has 2 fully saturated rings. The van der Waals surface area contributed by atoms with Crippen LogP contribution >= 0.6 is 0 Å². The molecule has 1 heterocycles. The molecule has 2 N–H and O–H groups in total. The van der Waals surface area contributed by atoms with Crippen LogP contribution < -0.4 is 20.1 Å². The van der Waals surface area contributed by atoms with E-state index in [9.17, 15) is 9.18 Å². The van der Waals surface area contributed by atoms with Gasteiger partial charge < -0.3 is 20.1 Å². The first-order valence-corrected chi connectivity index (χ1v) is 11.3. The van der Waals surface area contributed by atoms with Gasteiger partial charge in [0.15, 0.2) is 11.6 Å². The number of ether oxygens (including phenoxy) is 2. The molecule has 172 valence electrons. The molecule has 4 rings (SSSR count). The van der Waals surface area contributed by atoms with Crippen molar-refractivity contribution in [1.29, 1.82) is 0 Å². The van der Waals surface area contributed by atoms with E-state index in [1.54, 1.807) is 13.2 Å². The summed E-state index contributed by atoms with van der Waals surface area (Å²) >= 11 is 0. The Hall–Kier alpha value is -2.80. The predicted octanol–water partition coefficient (Wildman–Crippen LogP) is 4.26. The highest BCUT2D eigenvalue weighted by atomic mass is 19.1. The largest absolute Gasteiger partial charge is 0.497 e. The second-order valence-corrected chi connectivity index (χ2v) is 8.73. The zero-order valence-electron chi connectivity index (χ0n) is 18.8. The van der Waals surface area contributed by atoms with Gasteiger partial charge in [0, 0.05) is 25.7 Å². The minimum absolute atomic E-state index is 0.0333. The van der Waals surface area contributed by atoms with Gasteiger partial charge in [0.05, 0.1) is 20.3 Å². The molecule has 7 heteroatoms. The van der Waals surface area contributed by atoms with Gasteiger partial charge in [-0.1, -0.05) is 18.2 Å². The zero-order valence-corrected chi connectivity index (χ0v) is 18.8. The van der Waals surface area contributed by atoms with E-state index in [0.717, 1.165) is 55.6 Å². The maximum atomic E-state index is 13.9. The molecule has 1 saturated heterocycles. The van der Waals surface area contributed by atoms with Crippen molar-refractivity contribution in [3.8, 4) is 11.5 Å². The predicted molar refractivity (Wildman–Crippen MR) is 121 cm³/mol. The highest BCUT2D eigenvalue weighted by molar-refractivity contribution is 5.75. The Labute approximate surface area is 189 Å². The van der Waals surface area contributed by atoms with E-state index < -0.39 is 0 Å². The molecular formula is C25H32FN3O3. The van der Waals surface area contributed by atoms with Gasteiger partial charge in [0.2, 0.25) is 0 Å². The third-order valence-electron chi connectivity index (χ3n) is 6.40. The number of methoxy groups -OCH3 is 2. The van der Waals surface area contributed by atoms with Crippen molar-refractivity contribution in [3.63, 3.8) is 0 Å². The van der Waals surface area contributed by atoms with Gasteiger partial charge in [-0.25, -0.2) is 9.18 Å². The van der Waals surface area contributed by atoms with Crippen LogP contribution in [0.1, 0.15) is 42.9 Å². The summed E-state index contributed by atoms with van der Waals surface area (Å²) < 4.78 is 24.2. The van der Waals surface area contributed by atoms with Crippen LogP contribution in [0, 0.1) is 11.7 Å². The monoisotopic (exact) mass is 441 g/mol. The number of hydrogen-bond donors (Lipinski definition) is 2. The van der Waals surface area contributed by atoms with Crippen molar-refractivity contribution in [3.05, 3.63) is 59.4 Å². The normalized spacial score (nSPS) is 18.1. The van der Waals surface area contributed by atoms with E-state index in [2.05, 4.69) is 15.5 Å². The van der Waals surface area contributed by atoms with E-state index in [0.29, 0.717) is 12.5 Å². The first-order chi connectivity index (χ1) is 15.6. The Morgan fingerprint density at radius 1 is 1.06 bits per heavy atom. The SMILES string of the molecule is COc1ccc(C(NC(=O)NC2CCN(Cc3ccc(OC)c(F)c3)CC2)C2CC2)cc1. The van der Waals surface area contributed by atoms with Crippen LogP contribution in [0.3, 0.4) is 0 Å². The third-order valence-corrected chi connectivity index (χ3v) is 6.40. The Morgan fingerprint density at radius 3 is 2.38 bits per heavy atom. The molecule has 32 heavy (non-hydrogen) atoms. The minimum Gasteiger partial charge on any atom is -0.497 e. The van der Waals surface area contributed by atoms with E-state index in [-0.39, 0.29) is 29.7 Å². The number of likely N-dealkylation sites (tertiary alicyclic amines) is 1. The van der Waals surface area contributed by atoms with Crippen LogP contribution in [0.4, 0.5) is 9.18 Å². The number of nitrogens with zero attached hydrogens (tertiary/aromatic N) is 1. The Balaban J connectivity index is 1.25. The summed E-state index contributed by atoms with van der Waals surface area (Å²) in [7, 11) is 3.12. The van der Waals surface area contributed by atoms with Crippen molar-refractivity contribution in [2.45, 2.75) is 44.3 Å². The highest BCUT2D eigenvalue weighted by Crippen LogP contribution is 2.41. The molecular weight excluding hydrogens is 409 g/mol. The standard InChI is InChI=1S/C25H32FN3O3/c1-31-21-8-6-19(7-9-21)24(18-4-5-18)28-25(30)27-20-11-13-29(14-12-20)16-17-3-10-23(32-2)22(26)15-17/h3,6-10,15,18,20,24H,4-5,11-14,16H2,1-2H3,(H2,27,28,30). The summed E-state index contributed by atoms with van der Waals surface area (Å²) in [6, 6.07) is 13.1. The summed E-state index contributed by atoms with van der Waals surface area (Å²) in [5, 5.41) is 6.35. The number of carbonyl (C=O) groups excluding carboxylic acids is 1. The Bertz CT molecular complexity index is 909. The van der Waals surface area contributed by atoms with Gasteiger partial charge in [0.25, 0.3) is 0 Å². The Morgan fingerprint density at radius 2 is 1.78 bits per heavy atom. The zero-order chi connectivity index (χ0) is 22.5. The first kappa shape index (κ1) is 22.4. The fourth-order valence-corrected chi connectivity index (χ4v) is 4.38. The number of rotatable bonds is 8. The number of urea groups is 1. The van der Waals surface area contributed by atoms with Gasteiger partial charge in [-0.15, -0.1) is 0 Å². The van der Waals surface area contributed by atoms with E-state index in [1.165, 1.54) is 13.2 Å². The molecule has 1 aliphatic heterocycles. The van der Waals surface area contributed by atoms with E-state index >= 15 is 0 Å². The van der Waals surface area contributed by atoms with Crippen LogP contribution in [-0.4, -0.2) is 44.3 Å². The summed E-state index contributed by atoms with van der Waals surface area (Å²) in [4.78, 5) is 15.0. The van der Waals surface area contributed by atoms with Crippen molar-refractivity contribution in [1.82, 2.24) is 15.5 Å². The fourth-order valence-electron chi connectivity index (χ4n) is 4.38. The van der Waals surface area contributed by atoms with Crippen LogP contribution in [0.15, 0.2) is 42.5 Å². The van der Waals surface area contributed by atoms with Crippen LogP contribution in [0.25, 0.3) is 0 Å². The second kappa shape index (κ2) is 10.2. The molecule has 2 aromatic carbocycles. The van der Waals surface area contributed by atoms with E-state index in [1.807, 2.05) is 30.3 Å². The van der Waals surface area contributed by atoms with Gasteiger partial charge in [0.1, 0.15) is 5.75 Å². The van der Waals surface area contributed by atoms with E-state index in [4.69, 9.17) is 9.47 Å². The van der Waals surface area contributed by atoms with Gasteiger partial charge in [-0.05, 0) is 67.0 Å². The van der Waals surface area contributed by atoms with Crippen LogP contribution in [-0.2, 0) is 6.54 Å². The smallest absolute Gasteiger partial charge is 0.315 e. The molecule has 0 bridgehead atoms. The quantitative estimate of drug-likeness (QED) is 0.643. The summed E-state index contributed by atoms with van der Waals surface area (Å²) in [5.74, 6) is 1.25. The average Bonchev–Trinajstić information content (AvgIpc) is 3.64. The first-order valence-electron chi connectivity index (χ1n) is 11.3. The number of hydrogen-bond acceptors (Lipinski definition) is 4. The maximum Gasteiger partial charge on any atom is 0.315 e. The van der Waals surface area contributed by atoms with Gasteiger partial charge in [-0.2, -0.15) is 0 Å². The lowest BCUT2D eigenvalue weighted by atomic mass is 10.0. The second-order valence-electron chi connectivity index (χ2n) is 8.73. The van der Waals surface area contributed by atoms with Crippen molar-refractivity contribution in [2.75, 3.05) is 27.3 Å². The molecule has 2 amide bonds. The molecule has 1 aliphatic carbocycles. The molecule has 0 aromatic heterocycles. The van der Waals surface area contributed by atoms with Crippen molar-refractivity contribution in [2.24, 2.45) is 5.92 Å². The molecule has 2 aliphatic rings. The minimum atomic E-state index is -0.333. The molecule has 2 aromatic rings. The molecule has 0 spiro atoms. The summed E-state index contributed by atoms with van der Waals surface area (Å²) in [6.45, 7) is 2.42. The molecule has 6 nitrogen and oxygen atoms in total. The Kier molecular flexibility index (Phi) is 7.15. The number of halogens is 1. The van der Waals surface area contributed by atoms with Crippen molar-refractivity contribution >= 4 is 6.03 Å². The topological polar surface area (TPSA) is 62.8 Å². The molecule has 1 saturated carbocycles. The summed E-state index contributed by atoms with van der Waals surface area (Å²) in [5.41, 5.74) is 2.05. The van der Waals surface area contributed by atoms with Crippen LogP contribution in [0.5, 0.6) is 11.5 Å². The third kappa shape index (κ3) is 5.71. The molecule has 0 radical (unpaired) electrons. The highest BCUT2D eigenvalue weighted by Gasteiger charge is 2.34. The van der Waals surface area contributed by atoms with Gasteiger partial charge >= 0.3 is 6.03 Å². The fraction of sp³-hybridized carbons (Fsp3) is 0.480. The number of nitrogens with one attached hydrogen (secondary N) is 2. The van der Waals surface area contributed by atoms with Gasteiger partial charge in [-0.3, -0.25) is 4.90 Å². The lowest BCUT2D eigenvalue weighted by molar-refractivity contribution is 0.185. The number of piperidine rings is 1.